The topological polar surface area (TPSA) is 84.2 Å². The maximum absolute atomic E-state index is 11.8. The molecule has 5 heteroatoms. The molecular formula is C14H21N3O2. The van der Waals surface area contributed by atoms with E-state index in [4.69, 9.17) is 5.73 Å². The summed E-state index contributed by atoms with van der Waals surface area (Å²) in [6, 6.07) is 5.37. The van der Waals surface area contributed by atoms with Crippen molar-refractivity contribution in [3.8, 4) is 0 Å². The van der Waals surface area contributed by atoms with Gasteiger partial charge in [-0.25, -0.2) is 0 Å². The molecule has 0 aliphatic heterocycles. The van der Waals surface area contributed by atoms with Crippen LogP contribution in [-0.4, -0.2) is 17.4 Å². The minimum absolute atomic E-state index is 0.144. The van der Waals surface area contributed by atoms with E-state index in [1.807, 2.05) is 13.0 Å². The summed E-state index contributed by atoms with van der Waals surface area (Å²) in [6.45, 7) is 6.93. The first kappa shape index (κ1) is 15.2. The molecule has 0 aliphatic carbocycles. The SMILES string of the molecule is CC(=O)Nc1cc(NC(=O)CC(C)(C)N)ccc1C. The molecule has 104 valence electrons. The summed E-state index contributed by atoms with van der Waals surface area (Å²) in [5, 5.41) is 5.49. The summed E-state index contributed by atoms with van der Waals surface area (Å²) in [4.78, 5) is 22.8. The summed E-state index contributed by atoms with van der Waals surface area (Å²) in [5.74, 6) is -0.292. The summed E-state index contributed by atoms with van der Waals surface area (Å²) >= 11 is 0. The normalized spacial score (nSPS) is 11.0. The molecule has 0 fully saturated rings. The molecule has 1 aromatic carbocycles. The Morgan fingerprint density at radius 1 is 1.26 bits per heavy atom. The average molecular weight is 263 g/mol. The van der Waals surface area contributed by atoms with Gasteiger partial charge in [-0.05, 0) is 38.5 Å². The predicted octanol–water partition coefficient (Wildman–Crippen LogP) is 2.02. The van der Waals surface area contributed by atoms with Gasteiger partial charge in [0.25, 0.3) is 0 Å². The highest BCUT2D eigenvalue weighted by atomic mass is 16.2. The monoisotopic (exact) mass is 263 g/mol. The summed E-state index contributed by atoms with van der Waals surface area (Å²) in [7, 11) is 0. The quantitative estimate of drug-likeness (QED) is 0.777. The van der Waals surface area contributed by atoms with Gasteiger partial charge in [0.2, 0.25) is 11.8 Å². The Labute approximate surface area is 113 Å². The van der Waals surface area contributed by atoms with Crippen molar-refractivity contribution in [2.45, 2.75) is 39.7 Å². The average Bonchev–Trinajstić information content (AvgIpc) is 2.19. The zero-order valence-corrected chi connectivity index (χ0v) is 11.8. The van der Waals surface area contributed by atoms with E-state index >= 15 is 0 Å². The van der Waals surface area contributed by atoms with Crippen LogP contribution < -0.4 is 16.4 Å². The first-order chi connectivity index (χ1) is 8.67. The molecule has 19 heavy (non-hydrogen) atoms. The first-order valence-electron chi connectivity index (χ1n) is 6.14. The molecule has 5 nitrogen and oxygen atoms in total. The molecule has 0 unspecified atom stereocenters. The number of nitrogens with two attached hydrogens (primary N) is 1. The van der Waals surface area contributed by atoms with Crippen LogP contribution in [0, 0.1) is 6.92 Å². The third kappa shape index (κ3) is 5.52. The molecule has 1 aromatic rings. The highest BCUT2D eigenvalue weighted by molar-refractivity contribution is 5.94. The Morgan fingerprint density at radius 2 is 1.89 bits per heavy atom. The lowest BCUT2D eigenvalue weighted by molar-refractivity contribution is -0.117. The number of aryl methyl sites for hydroxylation is 1. The number of nitrogens with one attached hydrogen (secondary N) is 2. The maximum Gasteiger partial charge on any atom is 0.226 e. The van der Waals surface area contributed by atoms with Crippen LogP contribution in [0.15, 0.2) is 18.2 Å². The lowest BCUT2D eigenvalue weighted by atomic mass is 10.0. The van der Waals surface area contributed by atoms with Crippen LogP contribution in [0.5, 0.6) is 0 Å². The van der Waals surface area contributed by atoms with E-state index in [2.05, 4.69) is 10.6 Å². The van der Waals surface area contributed by atoms with Crippen molar-refractivity contribution >= 4 is 23.2 Å². The second kappa shape index (κ2) is 5.84. The second-order valence-electron chi connectivity index (χ2n) is 5.42. The van der Waals surface area contributed by atoms with Crippen molar-refractivity contribution < 1.29 is 9.59 Å². The summed E-state index contributed by atoms with van der Waals surface area (Å²) < 4.78 is 0. The third-order valence-corrected chi connectivity index (χ3v) is 2.45. The van der Waals surface area contributed by atoms with Crippen molar-refractivity contribution in [2.24, 2.45) is 5.73 Å². The fourth-order valence-electron chi connectivity index (χ4n) is 1.64. The standard InChI is InChI=1S/C14H21N3O2/c1-9-5-6-11(7-12(9)16-10(2)18)17-13(19)8-14(3,4)15/h5-7H,8,15H2,1-4H3,(H,16,18)(H,17,19). The maximum atomic E-state index is 11.8. The molecule has 0 spiro atoms. The van der Waals surface area contributed by atoms with E-state index < -0.39 is 5.54 Å². The first-order valence-corrected chi connectivity index (χ1v) is 6.14. The Bertz CT molecular complexity index is 490. The van der Waals surface area contributed by atoms with E-state index in [0.717, 1.165) is 5.56 Å². The number of carbonyl (C=O) groups is 2. The molecule has 0 saturated heterocycles. The van der Waals surface area contributed by atoms with Crippen LogP contribution in [0.25, 0.3) is 0 Å². The fourth-order valence-corrected chi connectivity index (χ4v) is 1.64. The van der Waals surface area contributed by atoms with E-state index in [9.17, 15) is 9.59 Å². The van der Waals surface area contributed by atoms with E-state index in [-0.39, 0.29) is 18.2 Å². The molecule has 4 N–H and O–H groups in total. The van der Waals surface area contributed by atoms with Crippen molar-refractivity contribution in [1.82, 2.24) is 0 Å². The van der Waals surface area contributed by atoms with Gasteiger partial charge in [-0.15, -0.1) is 0 Å². The summed E-state index contributed by atoms with van der Waals surface area (Å²) in [6.07, 6.45) is 0.232. The van der Waals surface area contributed by atoms with Crippen LogP contribution in [0.4, 0.5) is 11.4 Å². The smallest absolute Gasteiger partial charge is 0.226 e. The zero-order valence-electron chi connectivity index (χ0n) is 11.8. The molecule has 0 saturated carbocycles. The largest absolute Gasteiger partial charge is 0.326 e. The number of hydrogen-bond acceptors (Lipinski definition) is 3. The molecule has 0 heterocycles. The van der Waals surface area contributed by atoms with Crippen LogP contribution >= 0.6 is 0 Å². The molecule has 0 radical (unpaired) electrons. The Balaban J connectivity index is 2.79. The number of amides is 2. The van der Waals surface area contributed by atoms with Crippen LogP contribution in [-0.2, 0) is 9.59 Å². The van der Waals surface area contributed by atoms with Crippen LogP contribution in [0.2, 0.25) is 0 Å². The molecule has 2 amide bonds. The molecular weight excluding hydrogens is 242 g/mol. The minimum Gasteiger partial charge on any atom is -0.326 e. The number of rotatable bonds is 4. The van der Waals surface area contributed by atoms with Gasteiger partial charge in [0.05, 0.1) is 0 Å². The Hall–Kier alpha value is -1.88. The van der Waals surface area contributed by atoms with Crippen LogP contribution in [0.1, 0.15) is 32.8 Å². The minimum atomic E-state index is -0.546. The van der Waals surface area contributed by atoms with Gasteiger partial charge < -0.3 is 16.4 Å². The predicted molar refractivity (Wildman–Crippen MR) is 77.0 cm³/mol. The molecule has 0 aliphatic rings. The zero-order chi connectivity index (χ0) is 14.6. The van der Waals surface area contributed by atoms with E-state index in [1.54, 1.807) is 26.0 Å². The summed E-state index contributed by atoms with van der Waals surface area (Å²) in [5.41, 5.74) is 7.52. The van der Waals surface area contributed by atoms with Gasteiger partial charge in [0, 0.05) is 30.3 Å². The fraction of sp³-hybridized carbons (Fsp3) is 0.429. The lowest BCUT2D eigenvalue weighted by Gasteiger charge is -2.18. The van der Waals surface area contributed by atoms with Crippen molar-refractivity contribution in [2.75, 3.05) is 10.6 Å². The van der Waals surface area contributed by atoms with Gasteiger partial charge in [-0.2, -0.15) is 0 Å². The Kier molecular flexibility index (Phi) is 4.67. The number of carbonyl (C=O) groups excluding carboxylic acids is 2. The molecule has 1 rings (SSSR count). The Morgan fingerprint density at radius 3 is 2.42 bits per heavy atom. The van der Waals surface area contributed by atoms with Crippen molar-refractivity contribution in [3.05, 3.63) is 23.8 Å². The highest BCUT2D eigenvalue weighted by Crippen LogP contribution is 2.20. The van der Waals surface area contributed by atoms with Crippen LogP contribution in [0.3, 0.4) is 0 Å². The molecule has 0 aromatic heterocycles. The van der Waals surface area contributed by atoms with Crippen molar-refractivity contribution in [3.63, 3.8) is 0 Å². The van der Waals surface area contributed by atoms with E-state index in [1.165, 1.54) is 6.92 Å². The number of hydrogen-bond donors (Lipinski definition) is 3. The second-order valence-corrected chi connectivity index (χ2v) is 5.42. The lowest BCUT2D eigenvalue weighted by Crippen LogP contribution is -2.36. The highest BCUT2D eigenvalue weighted by Gasteiger charge is 2.16. The number of benzene rings is 1. The molecule has 0 atom stereocenters. The van der Waals surface area contributed by atoms with Crippen molar-refractivity contribution in [1.29, 1.82) is 0 Å². The van der Waals surface area contributed by atoms with Gasteiger partial charge in [-0.1, -0.05) is 6.07 Å². The van der Waals surface area contributed by atoms with Gasteiger partial charge in [0.15, 0.2) is 0 Å². The number of anilines is 2. The van der Waals surface area contributed by atoms with Gasteiger partial charge in [0.1, 0.15) is 0 Å². The molecule has 0 bridgehead atoms. The third-order valence-electron chi connectivity index (χ3n) is 2.45. The van der Waals surface area contributed by atoms with Gasteiger partial charge >= 0.3 is 0 Å². The van der Waals surface area contributed by atoms with E-state index in [0.29, 0.717) is 11.4 Å². The van der Waals surface area contributed by atoms with Gasteiger partial charge in [-0.3, -0.25) is 9.59 Å².